The molecule has 1 aromatic heterocycles. The Balaban J connectivity index is 1.94. The molecule has 1 atom stereocenters. The van der Waals surface area contributed by atoms with E-state index in [-0.39, 0.29) is 0 Å². The number of rotatable bonds is 7. The molecule has 5 nitrogen and oxygen atoms in total. The summed E-state index contributed by atoms with van der Waals surface area (Å²) in [4.78, 5) is 6.98. The first-order chi connectivity index (χ1) is 9.19. The van der Waals surface area contributed by atoms with Crippen molar-refractivity contribution >= 4 is 0 Å². The average Bonchev–Trinajstić information content (AvgIpc) is 2.99. The highest BCUT2D eigenvalue weighted by atomic mass is 16.5. The first kappa shape index (κ1) is 14.5. The SMILES string of the molecule is CCCN(Cc1noc(CC(C)C)n1)C1CCNC1. The molecule has 1 aliphatic rings. The molecule has 2 rings (SSSR count). The highest BCUT2D eigenvalue weighted by molar-refractivity contribution is 4.90. The van der Waals surface area contributed by atoms with Gasteiger partial charge in [-0.15, -0.1) is 0 Å². The van der Waals surface area contributed by atoms with Crippen LogP contribution in [0, 0.1) is 5.92 Å². The van der Waals surface area contributed by atoms with Gasteiger partial charge in [-0.2, -0.15) is 4.98 Å². The van der Waals surface area contributed by atoms with Crippen LogP contribution in [0.25, 0.3) is 0 Å². The number of hydrogen-bond donors (Lipinski definition) is 1. The smallest absolute Gasteiger partial charge is 0.226 e. The van der Waals surface area contributed by atoms with E-state index in [9.17, 15) is 0 Å². The van der Waals surface area contributed by atoms with Gasteiger partial charge in [0.2, 0.25) is 5.89 Å². The molecule has 1 fully saturated rings. The summed E-state index contributed by atoms with van der Waals surface area (Å²) < 4.78 is 5.31. The van der Waals surface area contributed by atoms with E-state index in [1.165, 1.54) is 6.42 Å². The lowest BCUT2D eigenvalue weighted by atomic mass is 10.1. The van der Waals surface area contributed by atoms with Crippen molar-refractivity contribution in [1.29, 1.82) is 0 Å². The minimum atomic E-state index is 0.555. The van der Waals surface area contributed by atoms with E-state index in [0.29, 0.717) is 12.0 Å². The van der Waals surface area contributed by atoms with Crippen molar-refractivity contribution in [3.63, 3.8) is 0 Å². The van der Waals surface area contributed by atoms with E-state index in [1.54, 1.807) is 0 Å². The van der Waals surface area contributed by atoms with Gasteiger partial charge in [-0.05, 0) is 31.8 Å². The third-order valence-corrected chi connectivity index (χ3v) is 3.50. The fraction of sp³-hybridized carbons (Fsp3) is 0.857. The van der Waals surface area contributed by atoms with Crippen LogP contribution in [0.3, 0.4) is 0 Å². The lowest BCUT2D eigenvalue weighted by Crippen LogP contribution is -2.37. The molecule has 1 N–H and O–H groups in total. The van der Waals surface area contributed by atoms with Gasteiger partial charge in [-0.25, -0.2) is 0 Å². The Labute approximate surface area is 115 Å². The Bertz CT molecular complexity index is 371. The van der Waals surface area contributed by atoms with Crippen molar-refractivity contribution in [1.82, 2.24) is 20.4 Å². The molecule has 0 radical (unpaired) electrons. The molecule has 5 heteroatoms. The Kier molecular flexibility index (Phi) is 5.34. The molecular weight excluding hydrogens is 240 g/mol. The Morgan fingerprint density at radius 3 is 2.95 bits per heavy atom. The monoisotopic (exact) mass is 266 g/mol. The van der Waals surface area contributed by atoms with Gasteiger partial charge in [0.1, 0.15) is 0 Å². The number of hydrogen-bond acceptors (Lipinski definition) is 5. The zero-order valence-electron chi connectivity index (χ0n) is 12.4. The number of nitrogens with zero attached hydrogens (tertiary/aromatic N) is 3. The van der Waals surface area contributed by atoms with Crippen molar-refractivity contribution in [3.05, 3.63) is 11.7 Å². The predicted molar refractivity (Wildman–Crippen MR) is 74.8 cm³/mol. The van der Waals surface area contributed by atoms with Gasteiger partial charge in [0.05, 0.1) is 6.54 Å². The highest BCUT2D eigenvalue weighted by Gasteiger charge is 2.23. The van der Waals surface area contributed by atoms with Crippen molar-refractivity contribution in [3.8, 4) is 0 Å². The fourth-order valence-electron chi connectivity index (χ4n) is 2.60. The van der Waals surface area contributed by atoms with Crippen LogP contribution in [-0.2, 0) is 13.0 Å². The van der Waals surface area contributed by atoms with Crippen molar-refractivity contribution in [2.45, 2.75) is 52.6 Å². The van der Waals surface area contributed by atoms with Crippen LogP contribution in [0.15, 0.2) is 4.52 Å². The lowest BCUT2D eigenvalue weighted by molar-refractivity contribution is 0.192. The van der Waals surface area contributed by atoms with Gasteiger partial charge >= 0.3 is 0 Å². The molecule has 108 valence electrons. The molecule has 1 saturated heterocycles. The summed E-state index contributed by atoms with van der Waals surface area (Å²) in [6.45, 7) is 10.7. The molecule has 0 spiro atoms. The van der Waals surface area contributed by atoms with Crippen LogP contribution in [0.4, 0.5) is 0 Å². The summed E-state index contributed by atoms with van der Waals surface area (Å²) in [7, 11) is 0. The largest absolute Gasteiger partial charge is 0.339 e. The Hall–Kier alpha value is -0.940. The summed E-state index contributed by atoms with van der Waals surface area (Å²) in [5, 5.41) is 7.54. The molecule has 0 aromatic carbocycles. The van der Waals surface area contributed by atoms with Crippen molar-refractivity contribution in [2.24, 2.45) is 5.92 Å². The normalized spacial score (nSPS) is 19.7. The van der Waals surface area contributed by atoms with Crippen LogP contribution in [0.2, 0.25) is 0 Å². The molecule has 2 heterocycles. The topological polar surface area (TPSA) is 54.2 Å². The first-order valence-electron chi connectivity index (χ1n) is 7.45. The van der Waals surface area contributed by atoms with Crippen molar-refractivity contribution < 1.29 is 4.52 Å². The molecule has 0 amide bonds. The molecular formula is C14H26N4O. The molecule has 1 unspecified atom stereocenters. The van der Waals surface area contributed by atoms with Crippen LogP contribution in [0.1, 0.15) is 45.3 Å². The Morgan fingerprint density at radius 2 is 2.32 bits per heavy atom. The highest BCUT2D eigenvalue weighted by Crippen LogP contribution is 2.13. The Morgan fingerprint density at radius 1 is 1.47 bits per heavy atom. The maximum Gasteiger partial charge on any atom is 0.226 e. The van der Waals surface area contributed by atoms with Crippen molar-refractivity contribution in [2.75, 3.05) is 19.6 Å². The van der Waals surface area contributed by atoms with Gasteiger partial charge in [0.25, 0.3) is 0 Å². The standard InChI is InChI=1S/C14H26N4O/c1-4-7-18(12-5-6-15-9-12)10-13-16-14(19-17-13)8-11(2)3/h11-12,15H,4-10H2,1-3H3. The van der Waals surface area contributed by atoms with Gasteiger partial charge in [-0.3, -0.25) is 4.90 Å². The lowest BCUT2D eigenvalue weighted by Gasteiger charge is -2.26. The van der Waals surface area contributed by atoms with Crippen LogP contribution >= 0.6 is 0 Å². The third kappa shape index (κ3) is 4.28. The molecule has 0 saturated carbocycles. The zero-order chi connectivity index (χ0) is 13.7. The third-order valence-electron chi connectivity index (χ3n) is 3.50. The summed E-state index contributed by atoms with van der Waals surface area (Å²) in [5.74, 6) is 2.15. The van der Waals surface area contributed by atoms with Crippen LogP contribution in [-0.4, -0.2) is 40.7 Å². The second-order valence-corrected chi connectivity index (χ2v) is 5.82. The summed E-state index contributed by atoms with van der Waals surface area (Å²) >= 11 is 0. The molecule has 0 bridgehead atoms. The molecule has 1 aromatic rings. The van der Waals surface area contributed by atoms with E-state index in [2.05, 4.69) is 41.1 Å². The average molecular weight is 266 g/mol. The summed E-state index contributed by atoms with van der Waals surface area (Å²) in [5.41, 5.74) is 0. The summed E-state index contributed by atoms with van der Waals surface area (Å²) in [6.07, 6.45) is 3.25. The minimum absolute atomic E-state index is 0.555. The number of aromatic nitrogens is 2. The van der Waals surface area contributed by atoms with E-state index in [0.717, 1.165) is 50.7 Å². The number of nitrogens with one attached hydrogen (secondary N) is 1. The van der Waals surface area contributed by atoms with Crippen LogP contribution < -0.4 is 5.32 Å². The van der Waals surface area contributed by atoms with Gasteiger partial charge in [0, 0.05) is 19.0 Å². The maximum atomic E-state index is 5.31. The second kappa shape index (κ2) is 7.01. The van der Waals surface area contributed by atoms with Gasteiger partial charge in [0.15, 0.2) is 5.82 Å². The van der Waals surface area contributed by atoms with E-state index < -0.39 is 0 Å². The summed E-state index contributed by atoms with van der Waals surface area (Å²) in [6, 6.07) is 0.618. The van der Waals surface area contributed by atoms with Gasteiger partial charge < -0.3 is 9.84 Å². The quantitative estimate of drug-likeness (QED) is 0.816. The van der Waals surface area contributed by atoms with Gasteiger partial charge in [-0.1, -0.05) is 25.9 Å². The van der Waals surface area contributed by atoms with E-state index in [4.69, 9.17) is 4.52 Å². The first-order valence-corrected chi connectivity index (χ1v) is 7.45. The van der Waals surface area contributed by atoms with E-state index in [1.807, 2.05) is 0 Å². The predicted octanol–water partition coefficient (Wildman–Crippen LogP) is 1.84. The zero-order valence-corrected chi connectivity index (χ0v) is 12.4. The molecule has 0 aliphatic carbocycles. The maximum absolute atomic E-state index is 5.31. The molecule has 1 aliphatic heterocycles. The fourth-order valence-corrected chi connectivity index (χ4v) is 2.60. The van der Waals surface area contributed by atoms with Crippen LogP contribution in [0.5, 0.6) is 0 Å². The minimum Gasteiger partial charge on any atom is -0.339 e. The molecule has 19 heavy (non-hydrogen) atoms. The second-order valence-electron chi connectivity index (χ2n) is 5.82. The van der Waals surface area contributed by atoms with E-state index >= 15 is 0 Å².